The lowest BCUT2D eigenvalue weighted by Crippen LogP contribution is -2.28. The highest BCUT2D eigenvalue weighted by Crippen LogP contribution is 2.40. The molecule has 0 radical (unpaired) electrons. The van der Waals surface area contributed by atoms with E-state index in [1.807, 2.05) is 17.5 Å². The maximum atomic E-state index is 12.8. The Morgan fingerprint density at radius 1 is 1.14 bits per heavy atom. The third-order valence-corrected chi connectivity index (χ3v) is 6.30. The fourth-order valence-electron chi connectivity index (χ4n) is 3.83. The molecule has 0 aliphatic carbocycles. The molecule has 1 aromatic carbocycles. The Hall–Kier alpha value is -4.38. The average Bonchev–Trinajstić information content (AvgIpc) is 3.53. The Balaban J connectivity index is 1.98. The van der Waals surface area contributed by atoms with Crippen LogP contribution in [-0.2, 0) is 25.6 Å². The summed E-state index contributed by atoms with van der Waals surface area (Å²) in [5.74, 6) is -1.70. The normalized spacial score (nSPS) is 15.3. The highest BCUT2D eigenvalue weighted by molar-refractivity contribution is 7.10. The number of nitro groups is 1. The molecule has 0 saturated carbocycles. The molecule has 4 rings (SSSR count). The highest BCUT2D eigenvalue weighted by Gasteiger charge is 2.32. The number of ether oxygens (including phenoxy) is 2. The first-order valence-corrected chi connectivity index (χ1v) is 11.2. The van der Waals surface area contributed by atoms with Gasteiger partial charge in [0.1, 0.15) is 16.4 Å². The van der Waals surface area contributed by atoms with Crippen molar-refractivity contribution in [3.05, 3.63) is 97.1 Å². The smallest absolute Gasteiger partial charge is 0.433 e. The van der Waals surface area contributed by atoms with E-state index in [4.69, 9.17) is 13.9 Å². The van der Waals surface area contributed by atoms with Crippen LogP contribution in [0.25, 0.3) is 6.08 Å². The molecule has 0 spiro atoms. The van der Waals surface area contributed by atoms with Gasteiger partial charge in [-0.1, -0.05) is 12.1 Å². The molecule has 1 N–H and O–H groups in total. The maximum absolute atomic E-state index is 12.8. The van der Waals surface area contributed by atoms with E-state index < -0.39 is 28.8 Å². The van der Waals surface area contributed by atoms with Crippen molar-refractivity contribution in [2.45, 2.75) is 12.6 Å². The van der Waals surface area contributed by atoms with Gasteiger partial charge in [-0.3, -0.25) is 10.1 Å². The number of hydrogen-bond donors (Lipinski definition) is 1. The number of esters is 2. The second-order valence-corrected chi connectivity index (χ2v) is 8.46. The van der Waals surface area contributed by atoms with Crippen LogP contribution in [-0.4, -0.2) is 41.1 Å². The van der Waals surface area contributed by atoms with Gasteiger partial charge < -0.3 is 23.9 Å². The number of carbonyl (C=O) groups excluding carboxylic acids is 2. The lowest BCUT2D eigenvalue weighted by Gasteiger charge is -2.33. The molecule has 1 atom stereocenters. The minimum atomic E-state index is -0.774. The molecular weight excluding hydrogens is 476 g/mol. The maximum Gasteiger partial charge on any atom is 0.433 e. The van der Waals surface area contributed by atoms with Crippen LogP contribution >= 0.6 is 11.3 Å². The highest BCUT2D eigenvalue weighted by atomic mass is 32.1. The van der Waals surface area contributed by atoms with Gasteiger partial charge in [0.2, 0.25) is 0 Å². The van der Waals surface area contributed by atoms with E-state index in [2.05, 4.69) is 0 Å². The number of furan rings is 1. The van der Waals surface area contributed by atoms with Crippen molar-refractivity contribution in [2.24, 2.45) is 0 Å². The van der Waals surface area contributed by atoms with Crippen molar-refractivity contribution in [1.82, 2.24) is 4.90 Å². The first-order valence-electron chi connectivity index (χ1n) is 10.3. The van der Waals surface area contributed by atoms with E-state index >= 15 is 0 Å². The van der Waals surface area contributed by atoms with Crippen LogP contribution in [0.1, 0.15) is 27.8 Å². The van der Waals surface area contributed by atoms with Gasteiger partial charge in [-0.2, -0.15) is 0 Å². The van der Waals surface area contributed by atoms with E-state index in [-0.39, 0.29) is 29.2 Å². The van der Waals surface area contributed by atoms with Crippen molar-refractivity contribution in [3.63, 3.8) is 0 Å². The minimum absolute atomic E-state index is 0.000446. The number of aromatic hydroxyl groups is 1. The summed E-state index contributed by atoms with van der Waals surface area (Å²) in [5, 5.41) is 23.3. The predicted molar refractivity (Wildman–Crippen MR) is 125 cm³/mol. The van der Waals surface area contributed by atoms with Crippen LogP contribution in [0.5, 0.6) is 5.75 Å². The fourth-order valence-corrected chi connectivity index (χ4v) is 4.70. The molecule has 2 aromatic heterocycles. The summed E-state index contributed by atoms with van der Waals surface area (Å²) in [6.07, 6.45) is 2.96. The molecule has 0 saturated heterocycles. The molecule has 1 aliphatic heterocycles. The molecule has 10 nitrogen and oxygen atoms in total. The Morgan fingerprint density at radius 2 is 1.89 bits per heavy atom. The van der Waals surface area contributed by atoms with E-state index in [0.717, 1.165) is 4.88 Å². The summed E-state index contributed by atoms with van der Waals surface area (Å²) >= 11 is 1.45. The number of carbonyl (C=O) groups is 2. The van der Waals surface area contributed by atoms with Gasteiger partial charge in [-0.05, 0) is 46.8 Å². The van der Waals surface area contributed by atoms with Gasteiger partial charge in [0.05, 0.1) is 44.0 Å². The number of phenolic OH excluding ortho intramolecular Hbond substituents is 1. The second kappa shape index (κ2) is 9.85. The van der Waals surface area contributed by atoms with E-state index in [0.29, 0.717) is 11.1 Å². The van der Waals surface area contributed by atoms with Crippen LogP contribution < -0.4 is 0 Å². The van der Waals surface area contributed by atoms with Crippen molar-refractivity contribution < 1.29 is 33.5 Å². The summed E-state index contributed by atoms with van der Waals surface area (Å²) in [6.45, 7) is 0.000446. The average molecular weight is 496 g/mol. The van der Waals surface area contributed by atoms with Gasteiger partial charge in [0.25, 0.3) is 0 Å². The van der Waals surface area contributed by atoms with Crippen molar-refractivity contribution >= 4 is 35.2 Å². The van der Waals surface area contributed by atoms with Crippen molar-refractivity contribution in [3.8, 4) is 5.75 Å². The number of phenols is 1. The van der Waals surface area contributed by atoms with E-state index in [9.17, 15) is 24.8 Å². The minimum Gasteiger partial charge on any atom is -0.508 e. The summed E-state index contributed by atoms with van der Waals surface area (Å²) in [5.41, 5.74) is 1.08. The Kier molecular flexibility index (Phi) is 6.69. The Morgan fingerprint density at radius 3 is 2.51 bits per heavy atom. The standard InChI is InChI=1S/C24H20N2O8S/c1-32-23(28)18-10-14-5-6-15(27)11-17(14)22(20-4-3-9-35-20)25(13-19(18)24(29)33-2)12-16-7-8-21(34-16)26(30)31/h3-11,13,22,27H,12H2,1-2H3. The fraction of sp³-hybridized carbons (Fsp3) is 0.167. The zero-order valence-electron chi connectivity index (χ0n) is 18.7. The molecular formula is C24H20N2O8S. The number of nitrogens with zero attached hydrogens (tertiary/aromatic N) is 2. The van der Waals surface area contributed by atoms with Crippen molar-refractivity contribution in [1.29, 1.82) is 0 Å². The zero-order valence-corrected chi connectivity index (χ0v) is 19.5. The SMILES string of the molecule is COC(=O)C1=Cc2ccc(O)cc2C(c2cccs2)N(Cc2ccc([N+](=O)[O-])o2)C=C1C(=O)OC. The van der Waals surface area contributed by atoms with Crippen LogP contribution in [0.3, 0.4) is 0 Å². The summed E-state index contributed by atoms with van der Waals surface area (Å²) < 4.78 is 15.2. The van der Waals surface area contributed by atoms with Gasteiger partial charge in [-0.15, -0.1) is 11.3 Å². The molecule has 3 heterocycles. The molecule has 0 fully saturated rings. The molecule has 11 heteroatoms. The van der Waals surface area contributed by atoms with Gasteiger partial charge in [-0.25, -0.2) is 9.59 Å². The number of benzene rings is 1. The number of methoxy groups -OCH3 is 2. The zero-order chi connectivity index (χ0) is 25.1. The lowest BCUT2D eigenvalue weighted by molar-refractivity contribution is -0.402. The molecule has 1 aliphatic rings. The van der Waals surface area contributed by atoms with Crippen molar-refractivity contribution in [2.75, 3.05) is 14.2 Å². The number of fused-ring (bicyclic) bond motifs is 1. The first-order chi connectivity index (χ1) is 16.8. The predicted octanol–water partition coefficient (Wildman–Crippen LogP) is 4.17. The summed E-state index contributed by atoms with van der Waals surface area (Å²) in [4.78, 5) is 38.5. The number of rotatable bonds is 6. The van der Waals surface area contributed by atoms with Gasteiger partial charge in [0.15, 0.2) is 0 Å². The lowest BCUT2D eigenvalue weighted by atomic mass is 9.92. The number of thiophene rings is 1. The Bertz CT molecular complexity index is 1340. The molecule has 0 amide bonds. The van der Waals surface area contributed by atoms with E-state index in [1.54, 1.807) is 17.0 Å². The van der Waals surface area contributed by atoms with Crippen LogP contribution in [0.2, 0.25) is 0 Å². The monoisotopic (exact) mass is 496 g/mol. The van der Waals surface area contributed by atoms with Crippen LogP contribution in [0.15, 0.2) is 69.6 Å². The van der Waals surface area contributed by atoms with Crippen LogP contribution in [0, 0.1) is 10.1 Å². The third kappa shape index (κ3) is 4.80. The van der Waals surface area contributed by atoms with Crippen LogP contribution in [0.4, 0.5) is 5.88 Å². The van der Waals surface area contributed by atoms with Gasteiger partial charge in [0, 0.05) is 11.1 Å². The third-order valence-electron chi connectivity index (χ3n) is 5.37. The molecule has 35 heavy (non-hydrogen) atoms. The molecule has 3 aromatic rings. The van der Waals surface area contributed by atoms with Gasteiger partial charge >= 0.3 is 17.8 Å². The Labute approximate surface area is 203 Å². The molecule has 0 bridgehead atoms. The van der Waals surface area contributed by atoms with E-state index in [1.165, 1.54) is 56.0 Å². The summed E-state index contributed by atoms with van der Waals surface area (Å²) in [6, 6.07) is 10.6. The summed E-state index contributed by atoms with van der Waals surface area (Å²) in [7, 11) is 2.39. The topological polar surface area (TPSA) is 132 Å². The second-order valence-electron chi connectivity index (χ2n) is 7.48. The molecule has 1 unspecified atom stereocenters. The largest absolute Gasteiger partial charge is 0.508 e. The molecule has 180 valence electrons. The first kappa shape index (κ1) is 23.8. The quantitative estimate of drug-likeness (QED) is 0.303. The number of hydrogen-bond acceptors (Lipinski definition) is 10.